The number of fused-ring (bicyclic) bond motifs is 8. The van der Waals surface area contributed by atoms with Crippen molar-refractivity contribution in [3.63, 3.8) is 0 Å². The zero-order valence-corrected chi connectivity index (χ0v) is 91.5. The highest BCUT2D eigenvalue weighted by Gasteiger charge is 2.64. The lowest BCUT2D eigenvalue weighted by Crippen LogP contribution is -2.81. The summed E-state index contributed by atoms with van der Waals surface area (Å²) in [6, 6.07) is 126. The van der Waals surface area contributed by atoms with Crippen molar-refractivity contribution < 1.29 is 9.47 Å². The Morgan fingerprint density at radius 1 is 0.274 bits per heavy atom. The van der Waals surface area contributed by atoms with Gasteiger partial charge < -0.3 is 38.9 Å². The van der Waals surface area contributed by atoms with Crippen LogP contribution in [0.4, 0.5) is 102 Å². The van der Waals surface area contributed by atoms with Gasteiger partial charge in [0.25, 0.3) is 0 Å². The maximum Gasteiger partial charge on any atom is 0.198 e. The van der Waals surface area contributed by atoms with Gasteiger partial charge in [-0.3, -0.25) is 0 Å². The van der Waals surface area contributed by atoms with Crippen molar-refractivity contribution in [3.8, 4) is 45.3 Å². The summed E-state index contributed by atoms with van der Waals surface area (Å²) in [6.07, 6.45) is 1.76. The highest BCUT2D eigenvalue weighted by molar-refractivity contribution is 7.24. The van der Waals surface area contributed by atoms with E-state index in [9.17, 15) is 0 Å². The van der Waals surface area contributed by atoms with Crippen LogP contribution in [0, 0.1) is 41.5 Å². The molecule has 1 atom stereocenters. The van der Waals surface area contributed by atoms with Crippen LogP contribution in [-0.2, 0) is 44.3 Å². The largest absolute Gasteiger partial charge is 0.457 e. The highest BCUT2D eigenvalue weighted by atomic mass is 28.3. The van der Waals surface area contributed by atoms with Gasteiger partial charge in [0, 0.05) is 128 Å². The molecule has 0 amide bonds. The standard InChI is InChI=1S/C136H132N6O2Si2/c1-81-31-47-93(48-32-81)137(94-49-33-82(2)34-50-94)101-63-65-104-106-79-116-128-122(120(106)135(21,22)108(104)77-101)144-123-121-107(80-117-129(123)146(128,103-29-27-26-28-30-103)125-110(139(116)97-53-37-84(4)38-54-97)69-86(6)70-111(125)140(117)98-55-39-85(5)40-56-98)105-66-64-102(78-109(105)136(121,23)24)138(95-51-35-83(3)36-52-95)96-57-41-87(42-58-96)67-68-134(19,20)92-73-112-124-113(74-92)142(100-61-45-89(46-62-100)131(10,11)12)115-72-91(133(16,17)18)76-119-127(115)145(124,25)126-114(71-90(132(13,14)15)75-118(126)143-119)141(112)99-59-43-88(44-60-99)130(7,8)9/h26-66,69-80H,67-68H2,1-25H3. The van der Waals surface area contributed by atoms with Gasteiger partial charge in [0.1, 0.15) is 23.0 Å². The monoisotopic (exact) mass is 1940 g/mol. The van der Waals surface area contributed by atoms with Gasteiger partial charge in [0.2, 0.25) is 0 Å². The minimum absolute atomic E-state index is 0.0326. The summed E-state index contributed by atoms with van der Waals surface area (Å²) in [5.41, 5.74) is 43.9. The van der Waals surface area contributed by atoms with Gasteiger partial charge in [-0.1, -0.05) is 299 Å². The van der Waals surface area contributed by atoms with E-state index >= 15 is 0 Å². The third-order valence-electron chi connectivity index (χ3n) is 34.1. The normalized spacial score (nSPS) is 16.0. The third-order valence-corrected chi connectivity index (χ3v) is 43.5. The first kappa shape index (κ1) is 92.7. The predicted molar refractivity (Wildman–Crippen MR) is 622 cm³/mol. The summed E-state index contributed by atoms with van der Waals surface area (Å²) in [6.45, 7) is 59.0. The van der Waals surface area contributed by atoms with Gasteiger partial charge in [-0.15, -0.1) is 0 Å². The topological polar surface area (TPSA) is 37.9 Å². The fourth-order valence-electron chi connectivity index (χ4n) is 26.0. The third kappa shape index (κ3) is 13.8. The minimum Gasteiger partial charge on any atom is -0.457 e. The van der Waals surface area contributed by atoms with Gasteiger partial charge in [0.15, 0.2) is 16.1 Å². The number of aryl methyl sites for hydroxylation is 7. The molecule has 1 unspecified atom stereocenters. The van der Waals surface area contributed by atoms with Crippen LogP contribution >= 0.6 is 0 Å². The van der Waals surface area contributed by atoms with Gasteiger partial charge in [0.05, 0.1) is 22.7 Å². The quantitative estimate of drug-likeness (QED) is 0.0940. The Hall–Kier alpha value is -14.4. The highest BCUT2D eigenvalue weighted by Crippen LogP contribution is 2.65. The molecule has 8 nitrogen and oxygen atoms in total. The molecule has 0 saturated carbocycles. The van der Waals surface area contributed by atoms with Crippen molar-refractivity contribution in [3.05, 3.63) is 411 Å². The Labute approximate surface area is 866 Å². The molecule has 2 aliphatic carbocycles. The van der Waals surface area contributed by atoms with Gasteiger partial charge in [-0.05, 0) is 346 Å². The number of anilines is 18. The molecule has 146 heavy (non-hydrogen) atoms. The first-order valence-corrected chi connectivity index (χ1v) is 57.3. The first-order chi connectivity index (χ1) is 69.5. The Morgan fingerprint density at radius 2 is 0.589 bits per heavy atom. The van der Waals surface area contributed by atoms with E-state index in [2.05, 4.69) is 524 Å². The van der Waals surface area contributed by atoms with E-state index < -0.39 is 27.0 Å². The van der Waals surface area contributed by atoms with Gasteiger partial charge >= 0.3 is 0 Å². The number of ether oxygens (including phenoxy) is 2. The zero-order chi connectivity index (χ0) is 102. The SMILES string of the molecule is Cc1ccc(N(c2ccc(C)cc2)c2ccc3c(c2)C(C)(C)c2c-3cc3c4c2Oc2c5c(cc6c2[Si]4(c2ccccc2)c2c(cc(C)cc2N6c2ccc(C)cc2)N3c2ccc(C)cc2)-c2ccc(N(c3ccc(C)cc3)c3ccc(CCC(C)(C)c4cc6c7c(c4)N(c4ccc(C(C)(C)C)cc4)c4cc(C(C)(C)C)cc8c4[Si]7(C)c4c(cc(C(C)(C)C)cc4N6c4ccc(C(C)(C)C)cc4)O8)cc3)cc2C5(C)C)cc1. The van der Waals surface area contributed by atoms with Gasteiger partial charge in [-0.2, -0.15) is 0 Å². The van der Waals surface area contributed by atoms with Crippen molar-refractivity contribution in [1.82, 2.24) is 0 Å². The molecule has 17 aromatic carbocycles. The summed E-state index contributed by atoms with van der Waals surface area (Å²) in [7, 11) is -6.62. The van der Waals surface area contributed by atoms with Gasteiger partial charge in [-0.25, -0.2) is 0 Å². The lowest BCUT2D eigenvalue weighted by Gasteiger charge is -2.54. The second-order valence-electron chi connectivity index (χ2n) is 49.3. The summed E-state index contributed by atoms with van der Waals surface area (Å²) in [4.78, 5) is 15.5. The maximum absolute atomic E-state index is 8.80. The second-order valence-corrected chi connectivity index (χ2v) is 56.7. The minimum atomic E-state index is -3.65. The maximum atomic E-state index is 8.80. The summed E-state index contributed by atoms with van der Waals surface area (Å²) in [5, 5.41) is 9.47. The van der Waals surface area contributed by atoms with E-state index in [1.807, 2.05) is 0 Å². The molecular formula is C136H132N6O2Si2. The molecular weight excluding hydrogens is 1810 g/mol. The van der Waals surface area contributed by atoms with Crippen molar-refractivity contribution in [1.29, 1.82) is 0 Å². The summed E-state index contributed by atoms with van der Waals surface area (Å²) >= 11 is 0. The van der Waals surface area contributed by atoms with E-state index in [4.69, 9.17) is 9.47 Å². The van der Waals surface area contributed by atoms with Crippen LogP contribution in [0.3, 0.4) is 0 Å². The number of nitrogens with zero attached hydrogens (tertiary/aromatic N) is 6. The number of hydrogen-bond acceptors (Lipinski definition) is 8. The molecule has 0 radical (unpaired) electrons. The molecule has 0 saturated heterocycles. The Kier molecular flexibility index (Phi) is 20.3. The fraction of sp³-hybridized carbons (Fsp3) is 0.250. The van der Waals surface area contributed by atoms with Crippen molar-refractivity contribution in [2.75, 3.05) is 29.4 Å². The molecule has 6 heterocycles. The smallest absolute Gasteiger partial charge is 0.198 e. The Balaban J connectivity index is 0.637. The second kappa shape index (κ2) is 32.0. The predicted octanol–water partition coefficient (Wildman–Crippen LogP) is 33.0. The van der Waals surface area contributed by atoms with E-state index in [0.717, 1.165) is 92.7 Å². The fourth-order valence-corrected chi connectivity index (χ4v) is 36.4. The summed E-state index contributed by atoms with van der Waals surface area (Å²) in [5.74, 6) is 3.96. The molecule has 10 heteroatoms. The van der Waals surface area contributed by atoms with Crippen LogP contribution in [-0.4, -0.2) is 16.1 Å². The average molecular weight is 1940 g/mol. The molecule has 0 bridgehead atoms. The lowest BCUT2D eigenvalue weighted by molar-refractivity contribution is 0.454. The molecule has 25 rings (SSSR count). The molecule has 0 N–H and O–H groups in total. The average Bonchev–Trinajstić information content (AvgIpc) is 1.21. The Bertz CT molecular complexity index is 8140. The molecule has 0 aromatic heterocycles. The van der Waals surface area contributed by atoms with Crippen LogP contribution in [0.1, 0.15) is 220 Å². The van der Waals surface area contributed by atoms with E-state index in [1.54, 1.807) is 0 Å². The van der Waals surface area contributed by atoms with Crippen LogP contribution in [0.2, 0.25) is 6.55 Å². The van der Waals surface area contributed by atoms with Crippen molar-refractivity contribution in [2.45, 2.75) is 223 Å². The van der Waals surface area contributed by atoms with E-state index in [-0.39, 0.29) is 27.1 Å². The number of benzene rings is 17. The zero-order valence-electron chi connectivity index (χ0n) is 89.5. The van der Waals surface area contributed by atoms with Crippen molar-refractivity contribution >= 4 is 155 Å². The number of rotatable bonds is 15. The first-order valence-electron chi connectivity index (χ1n) is 52.8. The molecule has 6 aliphatic heterocycles. The van der Waals surface area contributed by atoms with Crippen LogP contribution in [0.25, 0.3) is 22.3 Å². The van der Waals surface area contributed by atoms with Crippen LogP contribution in [0.5, 0.6) is 23.0 Å². The van der Waals surface area contributed by atoms with Crippen molar-refractivity contribution in [2.24, 2.45) is 0 Å². The molecule has 0 spiro atoms. The van der Waals surface area contributed by atoms with Crippen LogP contribution in [0.15, 0.2) is 322 Å². The molecule has 0 fully saturated rings. The lowest BCUT2D eigenvalue weighted by atomic mass is 9.79. The molecule has 726 valence electrons. The number of hydrogen-bond donors (Lipinski definition) is 0. The summed E-state index contributed by atoms with van der Waals surface area (Å²) < 4.78 is 16.5. The van der Waals surface area contributed by atoms with E-state index in [0.29, 0.717) is 0 Å². The molecule has 8 aliphatic rings. The Morgan fingerprint density at radius 3 is 0.952 bits per heavy atom. The molecule has 17 aromatic rings. The van der Waals surface area contributed by atoms with E-state index in [1.165, 1.54) is 193 Å². The van der Waals surface area contributed by atoms with Crippen LogP contribution < -0.4 is 75.2 Å².